The molecule has 5 aromatic rings. The van der Waals surface area contributed by atoms with Crippen LogP contribution in [0.1, 0.15) is 43.8 Å². The first-order valence-electron chi connectivity index (χ1n) is 22.3. The maximum Gasteiger partial charge on any atom is 0.338 e. The van der Waals surface area contributed by atoms with Crippen LogP contribution in [-0.2, 0) is 62.5 Å². The van der Waals surface area contributed by atoms with E-state index in [0.29, 0.717) is 24.3 Å². The normalized spacial score (nSPS) is 24.5. The van der Waals surface area contributed by atoms with Crippen molar-refractivity contribution in [3.05, 3.63) is 179 Å². The minimum atomic E-state index is -1.52. The van der Waals surface area contributed by atoms with Crippen LogP contribution in [0.25, 0.3) is 0 Å². The standard InChI is InChI=1S/C52H60O12Si/c1-65(2,3)30-29-57-52-49(59-34-39-23-13-6-14-24-39)48(58-33-38-21-11-5-12-22-38)47(44(63-52)35-56-32-37-19-9-4-10-20-37)64-45-31-42(62-51(55)41-27-17-8-18-28-41)46(53)43(61-45)36-60-50(54)40-25-15-7-16-26-40/h4-28,42-49,52-53H,29-36H2,1-3H3/t42-,43-,44-,45+,46-,47-,48+,49-,52-/m1/s1. The molecule has 2 aliphatic rings. The van der Waals surface area contributed by atoms with Gasteiger partial charge in [0.05, 0.1) is 37.6 Å². The third-order valence-electron chi connectivity index (χ3n) is 11.2. The Labute approximate surface area is 382 Å². The molecule has 7 rings (SSSR count). The van der Waals surface area contributed by atoms with Gasteiger partial charge in [0.25, 0.3) is 0 Å². The Morgan fingerprint density at radius 1 is 0.585 bits per heavy atom. The van der Waals surface area contributed by atoms with Gasteiger partial charge in [-0.2, -0.15) is 0 Å². The van der Waals surface area contributed by atoms with E-state index in [9.17, 15) is 14.7 Å². The topological polar surface area (TPSA) is 137 Å². The second kappa shape index (κ2) is 23.9. The highest BCUT2D eigenvalue weighted by atomic mass is 28.3. The van der Waals surface area contributed by atoms with Crippen molar-refractivity contribution in [2.24, 2.45) is 0 Å². The van der Waals surface area contributed by atoms with Gasteiger partial charge in [-0.3, -0.25) is 0 Å². The Morgan fingerprint density at radius 2 is 1.09 bits per heavy atom. The van der Waals surface area contributed by atoms with Crippen LogP contribution in [-0.4, -0.2) is 100 Å². The van der Waals surface area contributed by atoms with Gasteiger partial charge in [0.15, 0.2) is 12.6 Å². The van der Waals surface area contributed by atoms with Crippen molar-refractivity contribution in [1.82, 2.24) is 0 Å². The van der Waals surface area contributed by atoms with Gasteiger partial charge in [0.1, 0.15) is 49.3 Å². The summed E-state index contributed by atoms with van der Waals surface area (Å²) in [5.41, 5.74) is 3.49. The van der Waals surface area contributed by atoms with Gasteiger partial charge in [-0.15, -0.1) is 0 Å². The summed E-state index contributed by atoms with van der Waals surface area (Å²) < 4.78 is 58.7. The van der Waals surface area contributed by atoms with E-state index < -0.39 is 75.3 Å². The molecular formula is C52H60O12Si. The van der Waals surface area contributed by atoms with Crippen molar-refractivity contribution in [3.8, 4) is 0 Å². The van der Waals surface area contributed by atoms with Crippen LogP contribution in [0.5, 0.6) is 0 Å². The van der Waals surface area contributed by atoms with Crippen LogP contribution in [0.15, 0.2) is 152 Å². The van der Waals surface area contributed by atoms with Gasteiger partial charge < -0.3 is 47.7 Å². The number of ether oxygens (including phenoxy) is 9. The summed E-state index contributed by atoms with van der Waals surface area (Å²) in [6.45, 7) is 7.77. The van der Waals surface area contributed by atoms with Gasteiger partial charge >= 0.3 is 11.9 Å². The van der Waals surface area contributed by atoms with Crippen LogP contribution < -0.4 is 0 Å². The van der Waals surface area contributed by atoms with E-state index in [-0.39, 0.29) is 32.8 Å². The van der Waals surface area contributed by atoms with E-state index in [1.54, 1.807) is 60.7 Å². The molecule has 0 radical (unpaired) electrons. The van der Waals surface area contributed by atoms with Crippen molar-refractivity contribution in [2.45, 2.75) is 107 Å². The molecule has 0 spiro atoms. The summed E-state index contributed by atoms with van der Waals surface area (Å²) in [5.74, 6) is -1.24. The SMILES string of the molecule is C[Si](C)(C)CCO[C@@H]1O[C@H](COCc2ccccc2)[C@@H](O[C@H]2C[C@@H](OC(=O)c3ccccc3)[C@@H](O)[C@@H](COC(=O)c3ccccc3)O2)[C@H](OCc2ccccc2)[C@H]1OCc1ccccc1. The molecule has 0 aliphatic carbocycles. The minimum Gasteiger partial charge on any atom is -0.459 e. The second-order valence-electron chi connectivity index (χ2n) is 17.5. The Kier molecular flexibility index (Phi) is 17.6. The fourth-order valence-corrected chi connectivity index (χ4v) is 8.30. The molecule has 2 fully saturated rings. The molecule has 65 heavy (non-hydrogen) atoms. The maximum atomic E-state index is 13.5. The molecule has 9 atom stereocenters. The number of carbonyl (C=O) groups excluding carboxylic acids is 2. The first-order valence-corrected chi connectivity index (χ1v) is 26.0. The fourth-order valence-electron chi connectivity index (χ4n) is 7.57. The Balaban J connectivity index is 1.21. The average molecular weight is 905 g/mol. The zero-order valence-electron chi connectivity index (χ0n) is 37.2. The number of aliphatic hydroxyl groups excluding tert-OH is 1. The first kappa shape index (κ1) is 47.9. The molecule has 0 amide bonds. The quantitative estimate of drug-likeness (QED) is 0.0560. The third-order valence-corrected chi connectivity index (χ3v) is 12.9. The van der Waals surface area contributed by atoms with E-state index in [1.807, 2.05) is 91.0 Å². The van der Waals surface area contributed by atoms with E-state index in [4.69, 9.17) is 42.6 Å². The number of hydrogen-bond donors (Lipinski definition) is 1. The molecule has 13 heteroatoms. The Bertz CT molecular complexity index is 2160. The van der Waals surface area contributed by atoms with Crippen molar-refractivity contribution in [3.63, 3.8) is 0 Å². The highest BCUT2D eigenvalue weighted by Crippen LogP contribution is 2.35. The van der Waals surface area contributed by atoms with Gasteiger partial charge in [-0.1, -0.05) is 147 Å². The lowest BCUT2D eigenvalue weighted by molar-refractivity contribution is -0.354. The zero-order valence-corrected chi connectivity index (χ0v) is 38.2. The summed E-state index contributed by atoms with van der Waals surface area (Å²) in [5, 5.41) is 11.7. The maximum absolute atomic E-state index is 13.5. The fraction of sp³-hybridized carbons (Fsp3) is 0.385. The highest BCUT2D eigenvalue weighted by Gasteiger charge is 2.52. The van der Waals surface area contributed by atoms with Crippen molar-refractivity contribution < 1.29 is 57.3 Å². The van der Waals surface area contributed by atoms with Crippen LogP contribution in [0.4, 0.5) is 0 Å². The van der Waals surface area contributed by atoms with Crippen LogP contribution in [0, 0.1) is 0 Å². The van der Waals surface area contributed by atoms with E-state index in [2.05, 4.69) is 19.6 Å². The van der Waals surface area contributed by atoms with Crippen LogP contribution in [0.2, 0.25) is 25.7 Å². The summed E-state index contributed by atoms with van der Waals surface area (Å²) >= 11 is 0. The van der Waals surface area contributed by atoms with E-state index in [0.717, 1.165) is 22.7 Å². The van der Waals surface area contributed by atoms with Crippen LogP contribution >= 0.6 is 0 Å². The van der Waals surface area contributed by atoms with Crippen LogP contribution in [0.3, 0.4) is 0 Å². The molecule has 0 aromatic heterocycles. The molecule has 2 aliphatic heterocycles. The lowest BCUT2D eigenvalue weighted by Gasteiger charge is -2.48. The summed E-state index contributed by atoms with van der Waals surface area (Å²) in [6, 6.07) is 47.4. The zero-order chi connectivity index (χ0) is 45.4. The highest BCUT2D eigenvalue weighted by molar-refractivity contribution is 6.76. The number of aliphatic hydroxyl groups is 1. The van der Waals surface area contributed by atoms with Gasteiger partial charge in [-0.05, 0) is 47.0 Å². The number of carbonyl (C=O) groups is 2. The molecule has 0 saturated carbocycles. The summed E-state index contributed by atoms with van der Waals surface area (Å²) in [4.78, 5) is 26.6. The predicted molar refractivity (Wildman–Crippen MR) is 245 cm³/mol. The van der Waals surface area contributed by atoms with E-state index >= 15 is 0 Å². The Morgan fingerprint density at radius 3 is 1.65 bits per heavy atom. The second-order valence-corrected chi connectivity index (χ2v) is 23.1. The molecule has 344 valence electrons. The molecule has 0 bridgehead atoms. The minimum absolute atomic E-state index is 0.0733. The van der Waals surface area contributed by atoms with Gasteiger partial charge in [-0.25, -0.2) is 9.59 Å². The molecule has 1 N–H and O–H groups in total. The molecule has 0 unspecified atom stereocenters. The average Bonchev–Trinajstić information content (AvgIpc) is 3.32. The molecule has 2 heterocycles. The third kappa shape index (κ3) is 14.5. The van der Waals surface area contributed by atoms with E-state index in [1.165, 1.54) is 0 Å². The summed E-state index contributed by atoms with van der Waals surface area (Å²) in [7, 11) is -1.52. The number of rotatable bonds is 21. The molecule has 12 nitrogen and oxygen atoms in total. The lowest BCUT2D eigenvalue weighted by Crippen LogP contribution is -2.63. The number of hydrogen-bond acceptors (Lipinski definition) is 12. The monoisotopic (exact) mass is 904 g/mol. The van der Waals surface area contributed by atoms with Crippen molar-refractivity contribution in [1.29, 1.82) is 0 Å². The lowest BCUT2D eigenvalue weighted by atomic mass is 9.97. The largest absolute Gasteiger partial charge is 0.459 e. The Hall–Kier alpha value is -5.06. The molecular weight excluding hydrogens is 845 g/mol. The smallest absolute Gasteiger partial charge is 0.338 e. The number of benzene rings is 5. The summed E-state index contributed by atoms with van der Waals surface area (Å²) in [6.07, 6.45) is -9.08. The molecule has 2 saturated heterocycles. The predicted octanol–water partition coefficient (Wildman–Crippen LogP) is 8.40. The van der Waals surface area contributed by atoms with Crippen molar-refractivity contribution in [2.75, 3.05) is 19.8 Å². The first-order chi connectivity index (χ1) is 31.6. The molecule has 5 aromatic carbocycles. The number of esters is 2. The van der Waals surface area contributed by atoms with Crippen molar-refractivity contribution >= 4 is 20.0 Å². The van der Waals surface area contributed by atoms with Gasteiger partial charge in [0.2, 0.25) is 0 Å². The van der Waals surface area contributed by atoms with Gasteiger partial charge in [0, 0.05) is 21.1 Å².